The Bertz CT molecular complexity index is 1440. The lowest BCUT2D eigenvalue weighted by molar-refractivity contribution is -0.134. The number of likely N-dealkylation sites (tertiary alicyclic amines) is 1. The summed E-state index contributed by atoms with van der Waals surface area (Å²) in [6.45, 7) is 1.01. The number of halogens is 1. The van der Waals surface area contributed by atoms with Crippen molar-refractivity contribution < 1.29 is 14.4 Å². The van der Waals surface area contributed by atoms with Crippen LogP contribution in [0.2, 0.25) is 5.02 Å². The molecule has 186 valence electrons. The number of aromatic nitrogens is 3. The minimum atomic E-state index is -0.423. The topological polar surface area (TPSA) is 137 Å². The van der Waals surface area contributed by atoms with Gasteiger partial charge in [0.25, 0.3) is 5.91 Å². The summed E-state index contributed by atoms with van der Waals surface area (Å²) in [5, 5.41) is 26.0. The minimum Gasteiger partial charge on any atom is -0.453 e. The van der Waals surface area contributed by atoms with Crippen LogP contribution in [0.5, 0.6) is 6.01 Å². The Morgan fingerprint density at radius 3 is 2.84 bits per heavy atom. The molecule has 0 aliphatic carbocycles. The van der Waals surface area contributed by atoms with Gasteiger partial charge in [-0.05, 0) is 31.0 Å². The summed E-state index contributed by atoms with van der Waals surface area (Å²) in [4.78, 5) is 32.6. The Kier molecular flexibility index (Phi) is 7.26. The first-order valence-corrected chi connectivity index (χ1v) is 12.8. The summed E-state index contributed by atoms with van der Waals surface area (Å²) in [5.41, 5.74) is 2.79. The number of oxime groups is 1. The van der Waals surface area contributed by atoms with E-state index >= 15 is 0 Å². The normalized spacial score (nSPS) is 17.4. The van der Waals surface area contributed by atoms with Gasteiger partial charge in [0.2, 0.25) is 0 Å². The minimum absolute atomic E-state index is 0.0111. The molecule has 1 saturated heterocycles. The van der Waals surface area contributed by atoms with E-state index in [4.69, 9.17) is 31.4 Å². The van der Waals surface area contributed by atoms with Crippen LogP contribution in [0.3, 0.4) is 0 Å². The summed E-state index contributed by atoms with van der Waals surface area (Å²) in [6, 6.07) is 10.8. The zero-order valence-electron chi connectivity index (χ0n) is 19.5. The second kappa shape index (κ2) is 10.9. The highest BCUT2D eigenvalue weighted by Gasteiger charge is 2.31. The van der Waals surface area contributed by atoms with E-state index < -0.39 is 6.10 Å². The summed E-state index contributed by atoms with van der Waals surface area (Å²) >= 11 is 7.91. The van der Waals surface area contributed by atoms with Crippen molar-refractivity contribution >= 4 is 34.6 Å². The maximum atomic E-state index is 12.6. The standard InChI is InChI=1S/C25H20ClN7O3S/c26-18-3-1-2-16(11-27)23(18)21-10-19(32-36-21)20-14-37-24(31-20)15-5-8-33(9-6-15)22(34)13-35-25-29-7-4-17(12-28)30-25/h1-4,7,14-15,21H,5-6,8-10,13H2. The fourth-order valence-electron chi connectivity index (χ4n) is 4.32. The van der Waals surface area contributed by atoms with Crippen LogP contribution in [-0.4, -0.2) is 51.2 Å². The molecule has 10 nitrogen and oxygen atoms in total. The molecule has 1 unspecified atom stereocenters. The number of carbonyl (C=O) groups excluding carboxylic acids is 1. The SMILES string of the molecule is N#Cc1ccnc(OCC(=O)N2CCC(c3nc(C4=NOC(c5c(Cl)cccc5C#N)C4)cs3)CC2)n1. The number of ether oxygens (including phenoxy) is 1. The maximum Gasteiger partial charge on any atom is 0.318 e. The smallest absolute Gasteiger partial charge is 0.318 e. The first-order chi connectivity index (χ1) is 18.1. The van der Waals surface area contributed by atoms with E-state index in [1.807, 2.05) is 11.4 Å². The largest absolute Gasteiger partial charge is 0.453 e. The number of hydrogen-bond donors (Lipinski definition) is 0. The van der Waals surface area contributed by atoms with Crippen molar-refractivity contribution in [1.29, 1.82) is 10.5 Å². The lowest BCUT2D eigenvalue weighted by Crippen LogP contribution is -2.40. The predicted molar refractivity (Wildman–Crippen MR) is 134 cm³/mol. The molecule has 0 spiro atoms. The molecule has 37 heavy (non-hydrogen) atoms. The van der Waals surface area contributed by atoms with E-state index in [0.29, 0.717) is 35.7 Å². The Morgan fingerprint density at radius 2 is 2.05 bits per heavy atom. The van der Waals surface area contributed by atoms with Crippen LogP contribution >= 0.6 is 22.9 Å². The van der Waals surface area contributed by atoms with E-state index in [1.165, 1.54) is 12.3 Å². The molecule has 0 N–H and O–H groups in total. The van der Waals surface area contributed by atoms with Crippen molar-refractivity contribution in [1.82, 2.24) is 19.9 Å². The molecule has 0 radical (unpaired) electrons. The zero-order chi connectivity index (χ0) is 25.8. The first kappa shape index (κ1) is 24.6. The average Bonchev–Trinajstić information content (AvgIpc) is 3.62. The van der Waals surface area contributed by atoms with Crippen molar-refractivity contribution in [2.75, 3.05) is 19.7 Å². The number of rotatable bonds is 6. The number of nitriles is 2. The molecule has 12 heteroatoms. The highest BCUT2D eigenvalue weighted by Crippen LogP contribution is 2.37. The molecule has 1 aromatic carbocycles. The number of thiazole rings is 1. The van der Waals surface area contributed by atoms with Crippen LogP contribution < -0.4 is 4.74 Å². The Balaban J connectivity index is 1.14. The molecule has 1 atom stereocenters. The van der Waals surface area contributed by atoms with Gasteiger partial charge in [0, 0.05) is 47.6 Å². The van der Waals surface area contributed by atoms with Crippen molar-refractivity contribution in [3.05, 3.63) is 68.4 Å². The van der Waals surface area contributed by atoms with E-state index in [1.54, 1.807) is 34.4 Å². The number of benzene rings is 1. The van der Waals surface area contributed by atoms with Gasteiger partial charge in [0.1, 0.15) is 17.5 Å². The van der Waals surface area contributed by atoms with E-state index in [0.717, 1.165) is 29.3 Å². The molecule has 0 bridgehead atoms. The third-order valence-corrected chi connectivity index (χ3v) is 7.59. The molecule has 4 heterocycles. The number of hydrogen-bond acceptors (Lipinski definition) is 10. The molecule has 0 saturated carbocycles. The molecule has 5 rings (SSSR count). The average molecular weight is 534 g/mol. The molecule has 2 aliphatic rings. The van der Waals surface area contributed by atoms with E-state index in [-0.39, 0.29) is 30.1 Å². The zero-order valence-corrected chi connectivity index (χ0v) is 21.1. The van der Waals surface area contributed by atoms with Gasteiger partial charge >= 0.3 is 6.01 Å². The van der Waals surface area contributed by atoms with Gasteiger partial charge < -0.3 is 14.5 Å². The first-order valence-electron chi connectivity index (χ1n) is 11.6. The van der Waals surface area contributed by atoms with Crippen LogP contribution in [0.25, 0.3) is 0 Å². The second-order valence-electron chi connectivity index (χ2n) is 8.50. The van der Waals surface area contributed by atoms with Crippen LogP contribution in [0.1, 0.15) is 58.8 Å². The third-order valence-electron chi connectivity index (χ3n) is 6.25. The van der Waals surface area contributed by atoms with Crippen molar-refractivity contribution in [3.8, 4) is 18.1 Å². The summed E-state index contributed by atoms with van der Waals surface area (Å²) in [6.07, 6.45) is 3.05. The number of piperidine rings is 1. The van der Waals surface area contributed by atoms with Crippen LogP contribution in [0, 0.1) is 22.7 Å². The number of nitrogens with zero attached hydrogens (tertiary/aromatic N) is 7. The molecule has 2 aliphatic heterocycles. The van der Waals surface area contributed by atoms with Gasteiger partial charge in [-0.2, -0.15) is 15.5 Å². The van der Waals surface area contributed by atoms with E-state index in [9.17, 15) is 10.1 Å². The predicted octanol–water partition coefficient (Wildman–Crippen LogP) is 3.98. The Morgan fingerprint density at radius 1 is 1.22 bits per heavy atom. The highest BCUT2D eigenvalue weighted by atomic mass is 35.5. The van der Waals surface area contributed by atoms with Gasteiger partial charge in [0.05, 0.1) is 22.3 Å². The maximum absolute atomic E-state index is 12.6. The summed E-state index contributed by atoms with van der Waals surface area (Å²) in [5.74, 6) is 0.0934. The number of amides is 1. The van der Waals surface area contributed by atoms with E-state index in [2.05, 4.69) is 21.2 Å². The molecular formula is C25H20ClN7O3S. The molecule has 2 aromatic heterocycles. The molecule has 1 amide bonds. The molecule has 1 fully saturated rings. The fourth-order valence-corrected chi connectivity index (χ4v) is 5.62. The molecular weight excluding hydrogens is 514 g/mol. The highest BCUT2D eigenvalue weighted by molar-refractivity contribution is 7.10. The van der Waals surface area contributed by atoms with Crippen LogP contribution in [0.4, 0.5) is 0 Å². The summed E-state index contributed by atoms with van der Waals surface area (Å²) < 4.78 is 5.37. The second-order valence-corrected chi connectivity index (χ2v) is 9.80. The quantitative estimate of drug-likeness (QED) is 0.464. The van der Waals surface area contributed by atoms with Gasteiger partial charge in [-0.15, -0.1) is 11.3 Å². The van der Waals surface area contributed by atoms with Crippen LogP contribution in [0.15, 0.2) is 41.0 Å². The third kappa shape index (κ3) is 5.38. The van der Waals surface area contributed by atoms with Crippen LogP contribution in [-0.2, 0) is 9.63 Å². The van der Waals surface area contributed by atoms with Gasteiger partial charge in [-0.25, -0.2) is 9.97 Å². The van der Waals surface area contributed by atoms with Crippen molar-refractivity contribution in [2.24, 2.45) is 5.16 Å². The monoisotopic (exact) mass is 533 g/mol. The van der Waals surface area contributed by atoms with Gasteiger partial charge in [-0.1, -0.05) is 22.8 Å². The lowest BCUT2D eigenvalue weighted by atomic mass is 9.97. The number of carbonyl (C=O) groups is 1. The Labute approximate surface area is 221 Å². The van der Waals surface area contributed by atoms with Gasteiger partial charge in [0.15, 0.2) is 12.7 Å². The fraction of sp³-hybridized carbons (Fsp3) is 0.320. The van der Waals surface area contributed by atoms with Crippen molar-refractivity contribution in [3.63, 3.8) is 0 Å². The summed E-state index contributed by atoms with van der Waals surface area (Å²) in [7, 11) is 0. The van der Waals surface area contributed by atoms with Crippen molar-refractivity contribution in [2.45, 2.75) is 31.3 Å². The van der Waals surface area contributed by atoms with Gasteiger partial charge in [-0.3, -0.25) is 4.79 Å². The Hall–Kier alpha value is -4.06. The lowest BCUT2D eigenvalue weighted by Gasteiger charge is -2.31. The molecule has 3 aromatic rings.